The van der Waals surface area contributed by atoms with Gasteiger partial charge in [0.15, 0.2) is 0 Å². The van der Waals surface area contributed by atoms with Gasteiger partial charge in [-0.25, -0.2) is 4.79 Å². The van der Waals surface area contributed by atoms with Crippen LogP contribution in [0.5, 0.6) is 0 Å². The van der Waals surface area contributed by atoms with Gasteiger partial charge in [0.05, 0.1) is 6.61 Å². The van der Waals surface area contributed by atoms with Crippen molar-refractivity contribution in [2.45, 2.75) is 123 Å². The summed E-state index contributed by atoms with van der Waals surface area (Å²) in [7, 11) is 0. The molecular formula is C21H42CaO3. The molecule has 146 valence electrons. The zero-order chi connectivity index (χ0) is 17.9. The van der Waals surface area contributed by atoms with Crippen molar-refractivity contribution in [1.82, 2.24) is 0 Å². The molecule has 0 aliphatic rings. The van der Waals surface area contributed by atoms with Crippen LogP contribution < -0.4 is 0 Å². The van der Waals surface area contributed by atoms with E-state index in [1.807, 2.05) is 0 Å². The predicted octanol–water partition coefficient (Wildman–Crippen LogP) is 5.79. The summed E-state index contributed by atoms with van der Waals surface area (Å²) in [5.74, 6) is -0.504. The normalized spacial score (nSPS) is 11.8. The molecule has 4 heteroatoms. The average molecular weight is 383 g/mol. The summed E-state index contributed by atoms with van der Waals surface area (Å²) in [6.07, 6.45) is 20.4. The summed E-state index contributed by atoms with van der Waals surface area (Å²) in [6.45, 7) is 4.16. The van der Waals surface area contributed by atoms with Crippen molar-refractivity contribution in [3.63, 3.8) is 0 Å². The Balaban J connectivity index is 0. The van der Waals surface area contributed by atoms with E-state index < -0.39 is 12.1 Å². The third-order valence-corrected chi connectivity index (χ3v) is 4.58. The second-order valence-electron chi connectivity index (χ2n) is 7.15. The van der Waals surface area contributed by atoms with Crippen LogP contribution in [-0.2, 0) is 9.53 Å². The molecule has 0 amide bonds. The number of carbonyl (C=O) groups is 1. The molecule has 1 unspecified atom stereocenters. The van der Waals surface area contributed by atoms with Crippen LogP contribution in [0.25, 0.3) is 0 Å². The molecule has 0 fully saturated rings. The Morgan fingerprint density at radius 2 is 1.04 bits per heavy atom. The first-order valence-corrected chi connectivity index (χ1v) is 10.5. The van der Waals surface area contributed by atoms with E-state index in [-0.39, 0.29) is 37.7 Å². The van der Waals surface area contributed by atoms with Gasteiger partial charge in [0, 0.05) is 37.7 Å². The van der Waals surface area contributed by atoms with E-state index in [4.69, 9.17) is 9.84 Å². The first-order valence-electron chi connectivity index (χ1n) is 10.5. The van der Waals surface area contributed by atoms with Gasteiger partial charge in [-0.05, 0) is 13.3 Å². The molecular weight excluding hydrogens is 340 g/mol. The van der Waals surface area contributed by atoms with E-state index in [1.165, 1.54) is 96.8 Å². The number of esters is 1. The maximum Gasteiger partial charge on any atom is 0.334 e. The van der Waals surface area contributed by atoms with Crippen LogP contribution in [0.15, 0.2) is 0 Å². The molecule has 0 aromatic carbocycles. The quantitative estimate of drug-likeness (QED) is 0.185. The van der Waals surface area contributed by atoms with Crippen LogP contribution in [-0.4, -0.2) is 61.5 Å². The topological polar surface area (TPSA) is 46.5 Å². The van der Waals surface area contributed by atoms with Gasteiger partial charge in [0.2, 0.25) is 0 Å². The maximum atomic E-state index is 11.0. The molecule has 0 aromatic heterocycles. The summed E-state index contributed by atoms with van der Waals surface area (Å²) in [5.41, 5.74) is 0. The molecule has 1 atom stereocenters. The van der Waals surface area contributed by atoms with Gasteiger partial charge in [0.25, 0.3) is 0 Å². The van der Waals surface area contributed by atoms with E-state index >= 15 is 0 Å². The molecule has 2 radical (unpaired) electrons. The Bertz CT molecular complexity index is 270. The third kappa shape index (κ3) is 22.6. The number of rotatable bonds is 18. The monoisotopic (exact) mass is 382 g/mol. The average Bonchev–Trinajstić information content (AvgIpc) is 2.57. The second-order valence-corrected chi connectivity index (χ2v) is 7.15. The van der Waals surface area contributed by atoms with Crippen LogP contribution in [0.4, 0.5) is 0 Å². The minimum atomic E-state index is -0.994. The molecule has 0 bridgehead atoms. The Hall–Kier alpha value is 0.690. The molecule has 25 heavy (non-hydrogen) atoms. The largest absolute Gasteiger partial charge is 0.464 e. The first kappa shape index (κ1) is 27.9. The maximum absolute atomic E-state index is 11.0. The Kier molecular flexibility index (Phi) is 25.4. The third-order valence-electron chi connectivity index (χ3n) is 4.58. The minimum Gasteiger partial charge on any atom is -0.464 e. The summed E-state index contributed by atoms with van der Waals surface area (Å²) >= 11 is 0. The fraction of sp³-hybridized carbons (Fsp3) is 0.952. The van der Waals surface area contributed by atoms with Gasteiger partial charge in [-0.1, -0.05) is 103 Å². The molecule has 3 nitrogen and oxygen atoms in total. The van der Waals surface area contributed by atoms with Gasteiger partial charge in [-0.15, -0.1) is 0 Å². The van der Waals surface area contributed by atoms with Crippen LogP contribution in [0.3, 0.4) is 0 Å². The van der Waals surface area contributed by atoms with Crippen molar-refractivity contribution in [2.75, 3.05) is 6.61 Å². The van der Waals surface area contributed by atoms with E-state index in [0.29, 0.717) is 6.61 Å². The number of carbonyl (C=O) groups excluding carboxylic acids is 1. The molecule has 0 saturated carbocycles. The minimum absolute atomic E-state index is 0. The van der Waals surface area contributed by atoms with Crippen molar-refractivity contribution in [2.24, 2.45) is 0 Å². The first-order chi connectivity index (χ1) is 11.7. The number of aliphatic hydroxyl groups is 1. The molecule has 0 spiro atoms. The Labute approximate surface area is 186 Å². The van der Waals surface area contributed by atoms with Gasteiger partial charge in [-0.2, -0.15) is 0 Å². The van der Waals surface area contributed by atoms with Crippen molar-refractivity contribution >= 4 is 43.7 Å². The summed E-state index contributed by atoms with van der Waals surface area (Å²) in [6, 6.07) is 0. The Morgan fingerprint density at radius 1 is 0.720 bits per heavy atom. The molecule has 0 aromatic rings. The van der Waals surface area contributed by atoms with Gasteiger partial charge >= 0.3 is 5.97 Å². The van der Waals surface area contributed by atoms with Gasteiger partial charge in [0.1, 0.15) is 6.10 Å². The van der Waals surface area contributed by atoms with Gasteiger partial charge < -0.3 is 9.84 Å². The molecule has 0 rings (SSSR count). The Morgan fingerprint density at radius 3 is 1.36 bits per heavy atom. The molecule has 0 aliphatic heterocycles. The number of unbranched alkanes of at least 4 members (excludes halogenated alkanes) is 15. The standard InChI is InChI=1S/C21H42O3.Ca/c1-3-4-5-6-7-8-9-10-11-12-13-14-15-16-17-18-19-24-21(23)20(2)22;/h20,22H,3-19H2,1-2H3;. The second kappa shape index (κ2) is 22.7. The van der Waals surface area contributed by atoms with Crippen molar-refractivity contribution in [3.8, 4) is 0 Å². The number of hydrogen-bond acceptors (Lipinski definition) is 3. The van der Waals surface area contributed by atoms with E-state index in [0.717, 1.165) is 12.8 Å². The van der Waals surface area contributed by atoms with E-state index in [9.17, 15) is 4.79 Å². The molecule has 0 aliphatic carbocycles. The SMILES string of the molecule is CCCCCCCCCCCCCCCCCCOC(=O)C(C)O.[Ca]. The van der Waals surface area contributed by atoms with E-state index in [1.54, 1.807) is 0 Å². The van der Waals surface area contributed by atoms with Crippen molar-refractivity contribution in [1.29, 1.82) is 0 Å². The molecule has 1 N–H and O–H groups in total. The predicted molar refractivity (Wildman–Crippen MR) is 108 cm³/mol. The molecule has 0 heterocycles. The summed E-state index contributed by atoms with van der Waals surface area (Å²) < 4.78 is 4.93. The zero-order valence-electron chi connectivity index (χ0n) is 17.1. The van der Waals surface area contributed by atoms with Gasteiger partial charge in [-0.3, -0.25) is 0 Å². The van der Waals surface area contributed by atoms with Crippen LogP contribution >= 0.6 is 0 Å². The zero-order valence-corrected chi connectivity index (χ0v) is 19.3. The van der Waals surface area contributed by atoms with Crippen molar-refractivity contribution in [3.05, 3.63) is 0 Å². The van der Waals surface area contributed by atoms with E-state index in [2.05, 4.69) is 6.92 Å². The summed E-state index contributed by atoms with van der Waals surface area (Å²) in [4.78, 5) is 11.0. The molecule has 0 saturated heterocycles. The van der Waals surface area contributed by atoms with Crippen molar-refractivity contribution < 1.29 is 14.6 Å². The number of aliphatic hydroxyl groups excluding tert-OH is 1. The van der Waals surface area contributed by atoms with Crippen LogP contribution in [0.2, 0.25) is 0 Å². The van der Waals surface area contributed by atoms with Crippen LogP contribution in [0.1, 0.15) is 117 Å². The van der Waals surface area contributed by atoms with Crippen LogP contribution in [0, 0.1) is 0 Å². The smallest absolute Gasteiger partial charge is 0.334 e. The fourth-order valence-electron chi connectivity index (χ4n) is 2.94. The fourth-order valence-corrected chi connectivity index (χ4v) is 2.94. The number of ether oxygens (including phenoxy) is 1. The summed E-state index contributed by atoms with van der Waals surface area (Å²) in [5, 5.41) is 8.98. The number of hydrogen-bond donors (Lipinski definition) is 1.